The van der Waals surface area contributed by atoms with Crippen molar-refractivity contribution in [3.8, 4) is 11.5 Å². The summed E-state index contributed by atoms with van der Waals surface area (Å²) < 4.78 is 15.6. The van der Waals surface area contributed by atoms with Crippen molar-refractivity contribution in [2.75, 3.05) is 14.2 Å². The molecule has 19 heavy (non-hydrogen) atoms. The van der Waals surface area contributed by atoms with Crippen molar-refractivity contribution < 1.29 is 19.0 Å². The smallest absolute Gasteiger partial charge is 0.328 e. The lowest BCUT2D eigenvalue weighted by atomic mass is 10.1. The van der Waals surface area contributed by atoms with Crippen molar-refractivity contribution in [2.45, 2.75) is 32.4 Å². The van der Waals surface area contributed by atoms with E-state index < -0.39 is 17.6 Å². The highest BCUT2D eigenvalue weighted by molar-refractivity contribution is 5.78. The minimum atomic E-state index is -0.848. The van der Waals surface area contributed by atoms with Crippen LogP contribution in [0.25, 0.3) is 0 Å². The quantitative estimate of drug-likeness (QED) is 0.845. The Morgan fingerprint density at radius 1 is 1.16 bits per heavy atom. The third-order valence-electron chi connectivity index (χ3n) is 2.43. The third-order valence-corrected chi connectivity index (χ3v) is 2.43. The molecule has 0 aliphatic heterocycles. The van der Waals surface area contributed by atoms with E-state index in [1.54, 1.807) is 46.1 Å². The second kappa shape index (κ2) is 5.93. The molecule has 0 amide bonds. The molecular weight excluding hydrogens is 246 g/mol. The van der Waals surface area contributed by atoms with Crippen LogP contribution in [0.1, 0.15) is 32.4 Å². The Morgan fingerprint density at radius 3 is 2.21 bits per heavy atom. The number of methoxy groups -OCH3 is 2. The highest BCUT2D eigenvalue weighted by atomic mass is 16.6. The lowest BCUT2D eigenvalue weighted by Gasteiger charge is -2.22. The first-order valence-corrected chi connectivity index (χ1v) is 5.99. The van der Waals surface area contributed by atoms with E-state index in [9.17, 15) is 4.79 Å². The Balaban J connectivity index is 2.94. The predicted molar refractivity (Wildman–Crippen MR) is 72.3 cm³/mol. The van der Waals surface area contributed by atoms with Crippen LogP contribution in [0.4, 0.5) is 0 Å². The second-order valence-corrected chi connectivity index (χ2v) is 5.13. The van der Waals surface area contributed by atoms with Crippen LogP contribution in [0.2, 0.25) is 0 Å². The number of hydrogen-bond acceptors (Lipinski definition) is 5. The highest BCUT2D eigenvalue weighted by Crippen LogP contribution is 2.30. The van der Waals surface area contributed by atoms with Gasteiger partial charge in [0.15, 0.2) is 11.5 Å². The molecule has 1 unspecified atom stereocenters. The lowest BCUT2D eigenvalue weighted by Crippen LogP contribution is -2.31. The SMILES string of the molecule is COc1ccc(C(N)C(=O)OC(C)(C)C)cc1OC. The second-order valence-electron chi connectivity index (χ2n) is 5.13. The largest absolute Gasteiger partial charge is 0.493 e. The zero-order valence-corrected chi connectivity index (χ0v) is 12.0. The Labute approximate surface area is 113 Å². The number of nitrogens with two attached hydrogens (primary N) is 1. The first-order valence-electron chi connectivity index (χ1n) is 5.99. The number of carbonyl (C=O) groups is 1. The molecule has 0 saturated carbocycles. The standard InChI is InChI=1S/C14H21NO4/c1-14(2,3)19-13(16)12(15)9-6-7-10(17-4)11(8-9)18-5/h6-8,12H,15H2,1-5H3. The van der Waals surface area contributed by atoms with Gasteiger partial charge in [0.05, 0.1) is 14.2 Å². The van der Waals surface area contributed by atoms with Gasteiger partial charge in [-0.3, -0.25) is 0 Å². The van der Waals surface area contributed by atoms with E-state index in [-0.39, 0.29) is 0 Å². The van der Waals surface area contributed by atoms with Crippen LogP contribution in [0.5, 0.6) is 11.5 Å². The molecule has 0 saturated heterocycles. The van der Waals surface area contributed by atoms with Gasteiger partial charge in [-0.25, -0.2) is 4.79 Å². The molecule has 0 radical (unpaired) electrons. The summed E-state index contributed by atoms with van der Waals surface area (Å²) in [5.74, 6) is 0.640. The van der Waals surface area contributed by atoms with Crippen molar-refractivity contribution in [3.05, 3.63) is 23.8 Å². The summed E-state index contributed by atoms with van der Waals surface area (Å²) >= 11 is 0. The molecule has 1 rings (SSSR count). The average molecular weight is 267 g/mol. The van der Waals surface area contributed by atoms with Gasteiger partial charge in [-0.1, -0.05) is 6.07 Å². The van der Waals surface area contributed by atoms with Crippen molar-refractivity contribution in [1.29, 1.82) is 0 Å². The van der Waals surface area contributed by atoms with Crippen molar-refractivity contribution in [3.63, 3.8) is 0 Å². The zero-order chi connectivity index (χ0) is 14.6. The summed E-state index contributed by atoms with van der Waals surface area (Å²) in [5, 5.41) is 0. The van der Waals surface area contributed by atoms with Crippen LogP contribution >= 0.6 is 0 Å². The van der Waals surface area contributed by atoms with E-state index in [4.69, 9.17) is 19.9 Å². The molecule has 0 aromatic heterocycles. The van der Waals surface area contributed by atoms with Crippen molar-refractivity contribution in [2.24, 2.45) is 5.73 Å². The van der Waals surface area contributed by atoms with Crippen LogP contribution in [-0.2, 0) is 9.53 Å². The molecule has 0 bridgehead atoms. The van der Waals surface area contributed by atoms with Crippen LogP contribution in [0, 0.1) is 0 Å². The fraction of sp³-hybridized carbons (Fsp3) is 0.500. The summed E-state index contributed by atoms with van der Waals surface area (Å²) in [6, 6.07) is 4.25. The van der Waals surface area contributed by atoms with Crippen LogP contribution in [-0.4, -0.2) is 25.8 Å². The number of ether oxygens (including phenoxy) is 3. The van der Waals surface area contributed by atoms with Crippen molar-refractivity contribution in [1.82, 2.24) is 0 Å². The van der Waals surface area contributed by atoms with E-state index in [2.05, 4.69) is 0 Å². The van der Waals surface area contributed by atoms with Gasteiger partial charge < -0.3 is 19.9 Å². The van der Waals surface area contributed by atoms with Gasteiger partial charge >= 0.3 is 5.97 Å². The Morgan fingerprint density at radius 2 is 1.74 bits per heavy atom. The molecule has 1 aromatic rings. The Kier molecular flexibility index (Phi) is 4.78. The van der Waals surface area contributed by atoms with Gasteiger partial charge in [-0.05, 0) is 38.5 Å². The summed E-state index contributed by atoms with van der Waals surface area (Å²) in [4.78, 5) is 11.9. The number of rotatable bonds is 4. The third kappa shape index (κ3) is 4.13. The van der Waals surface area contributed by atoms with Gasteiger partial charge in [0.2, 0.25) is 0 Å². The van der Waals surface area contributed by atoms with Gasteiger partial charge in [-0.15, -0.1) is 0 Å². The summed E-state index contributed by atoms with van der Waals surface area (Å²) in [6.45, 7) is 5.39. The van der Waals surface area contributed by atoms with Gasteiger partial charge in [0.1, 0.15) is 11.6 Å². The van der Waals surface area contributed by atoms with E-state index >= 15 is 0 Å². The monoisotopic (exact) mass is 267 g/mol. The topological polar surface area (TPSA) is 70.8 Å². The molecule has 0 aliphatic carbocycles. The molecule has 5 heteroatoms. The summed E-state index contributed by atoms with van der Waals surface area (Å²) in [5.41, 5.74) is 5.94. The molecule has 106 valence electrons. The van der Waals surface area contributed by atoms with Gasteiger partial charge in [-0.2, -0.15) is 0 Å². The Bertz CT molecular complexity index is 451. The van der Waals surface area contributed by atoms with Crippen LogP contribution < -0.4 is 15.2 Å². The fourth-order valence-electron chi connectivity index (χ4n) is 1.55. The lowest BCUT2D eigenvalue weighted by molar-refractivity contribution is -0.156. The molecule has 0 fully saturated rings. The van der Waals surface area contributed by atoms with Crippen LogP contribution in [0.3, 0.4) is 0 Å². The summed E-state index contributed by atoms with van der Waals surface area (Å²) in [6.07, 6.45) is 0. The number of hydrogen-bond donors (Lipinski definition) is 1. The maximum atomic E-state index is 11.9. The molecule has 5 nitrogen and oxygen atoms in total. The molecule has 0 heterocycles. The fourth-order valence-corrected chi connectivity index (χ4v) is 1.55. The van der Waals surface area contributed by atoms with E-state index in [1.807, 2.05) is 0 Å². The average Bonchev–Trinajstić information content (AvgIpc) is 2.34. The Hall–Kier alpha value is -1.75. The molecule has 1 aromatic carbocycles. The molecular formula is C14H21NO4. The normalized spacial score (nSPS) is 12.7. The number of benzene rings is 1. The minimum Gasteiger partial charge on any atom is -0.493 e. The van der Waals surface area contributed by atoms with Crippen LogP contribution in [0.15, 0.2) is 18.2 Å². The van der Waals surface area contributed by atoms with E-state index in [0.29, 0.717) is 17.1 Å². The maximum absolute atomic E-state index is 11.9. The molecule has 0 aliphatic rings. The van der Waals surface area contributed by atoms with E-state index in [0.717, 1.165) is 0 Å². The molecule has 0 spiro atoms. The van der Waals surface area contributed by atoms with Crippen molar-refractivity contribution >= 4 is 5.97 Å². The highest BCUT2D eigenvalue weighted by Gasteiger charge is 2.24. The zero-order valence-electron chi connectivity index (χ0n) is 12.0. The summed E-state index contributed by atoms with van der Waals surface area (Å²) in [7, 11) is 3.08. The minimum absolute atomic E-state index is 0.472. The predicted octanol–water partition coefficient (Wildman–Crippen LogP) is 2.05. The van der Waals surface area contributed by atoms with Gasteiger partial charge in [0.25, 0.3) is 0 Å². The first-order chi connectivity index (χ1) is 8.78. The molecule has 1 atom stereocenters. The number of carbonyl (C=O) groups excluding carboxylic acids is 1. The molecule has 2 N–H and O–H groups in total. The maximum Gasteiger partial charge on any atom is 0.328 e. The first kappa shape index (κ1) is 15.3. The van der Waals surface area contributed by atoms with Gasteiger partial charge in [0, 0.05) is 0 Å². The number of esters is 1. The van der Waals surface area contributed by atoms with E-state index in [1.165, 1.54) is 7.11 Å².